The maximum atomic E-state index is 13.4. The molecular weight excluding hydrogens is 358 g/mol. The van der Waals surface area contributed by atoms with Gasteiger partial charge in [-0.15, -0.1) is 0 Å². The van der Waals surface area contributed by atoms with Gasteiger partial charge in [-0.2, -0.15) is 5.10 Å². The highest BCUT2D eigenvalue weighted by atomic mass is 16.5. The SMILES string of the molecule is COc1ccc(OC)c(-c2cc(C(=O)N3C4CCC3CC(OC)C4)n(C)n2)c1. The summed E-state index contributed by atoms with van der Waals surface area (Å²) in [5.74, 6) is 1.46. The van der Waals surface area contributed by atoms with Gasteiger partial charge in [-0.05, 0) is 49.9 Å². The van der Waals surface area contributed by atoms with Crippen molar-refractivity contribution >= 4 is 5.91 Å². The number of hydrogen-bond donors (Lipinski definition) is 0. The fraction of sp³-hybridized carbons (Fsp3) is 0.524. The molecule has 0 aliphatic carbocycles. The van der Waals surface area contributed by atoms with Crippen LogP contribution in [0.2, 0.25) is 0 Å². The van der Waals surface area contributed by atoms with Crippen molar-refractivity contribution in [1.82, 2.24) is 14.7 Å². The molecule has 2 aromatic rings. The standard InChI is InChI=1S/C21H27N3O4/c1-23-19(21(25)24-13-5-6-14(24)10-16(9-13)27-3)12-18(22-23)17-11-15(26-2)7-8-20(17)28-4/h7-8,11-14,16H,5-6,9-10H2,1-4H3. The van der Waals surface area contributed by atoms with Gasteiger partial charge in [-0.25, -0.2) is 0 Å². The van der Waals surface area contributed by atoms with Gasteiger partial charge in [0, 0.05) is 31.8 Å². The predicted molar refractivity (Wildman–Crippen MR) is 105 cm³/mol. The summed E-state index contributed by atoms with van der Waals surface area (Å²) in [5.41, 5.74) is 2.09. The Hall–Kier alpha value is -2.54. The molecule has 0 spiro atoms. The van der Waals surface area contributed by atoms with Gasteiger partial charge in [-0.1, -0.05) is 0 Å². The molecule has 0 N–H and O–H groups in total. The van der Waals surface area contributed by atoms with Gasteiger partial charge in [-0.3, -0.25) is 9.48 Å². The van der Waals surface area contributed by atoms with Crippen LogP contribution in [0.1, 0.15) is 36.2 Å². The van der Waals surface area contributed by atoms with Crippen molar-refractivity contribution in [2.45, 2.75) is 43.9 Å². The van der Waals surface area contributed by atoms with Crippen LogP contribution in [0.25, 0.3) is 11.3 Å². The highest BCUT2D eigenvalue weighted by Gasteiger charge is 2.44. The second-order valence-corrected chi connectivity index (χ2v) is 7.53. The highest BCUT2D eigenvalue weighted by Crippen LogP contribution is 2.38. The maximum absolute atomic E-state index is 13.4. The minimum atomic E-state index is 0.0465. The number of fused-ring (bicyclic) bond motifs is 2. The Morgan fingerprint density at radius 3 is 2.39 bits per heavy atom. The van der Waals surface area contributed by atoms with Crippen LogP contribution < -0.4 is 9.47 Å². The number of carbonyl (C=O) groups excluding carboxylic acids is 1. The Balaban J connectivity index is 1.65. The topological polar surface area (TPSA) is 65.8 Å². The number of piperidine rings is 1. The smallest absolute Gasteiger partial charge is 0.272 e. The van der Waals surface area contributed by atoms with Crippen LogP contribution in [-0.2, 0) is 11.8 Å². The van der Waals surface area contributed by atoms with E-state index in [1.807, 2.05) is 31.3 Å². The summed E-state index contributed by atoms with van der Waals surface area (Å²) in [6.45, 7) is 0. The van der Waals surface area contributed by atoms with Crippen LogP contribution in [0.5, 0.6) is 11.5 Å². The van der Waals surface area contributed by atoms with Gasteiger partial charge in [0.05, 0.1) is 26.0 Å². The molecule has 7 heteroatoms. The van der Waals surface area contributed by atoms with Gasteiger partial charge >= 0.3 is 0 Å². The van der Waals surface area contributed by atoms with E-state index in [0.29, 0.717) is 22.9 Å². The normalized spacial score (nSPS) is 23.7. The highest BCUT2D eigenvalue weighted by molar-refractivity contribution is 5.94. The third-order valence-corrected chi connectivity index (χ3v) is 6.04. The molecule has 28 heavy (non-hydrogen) atoms. The molecule has 2 aliphatic heterocycles. The van der Waals surface area contributed by atoms with Crippen molar-refractivity contribution in [3.8, 4) is 22.8 Å². The minimum absolute atomic E-state index is 0.0465. The molecular formula is C21H27N3O4. The number of amides is 1. The number of aryl methyl sites for hydroxylation is 1. The van der Waals surface area contributed by atoms with Crippen LogP contribution >= 0.6 is 0 Å². The van der Waals surface area contributed by atoms with Crippen LogP contribution in [0, 0.1) is 0 Å². The first-order valence-corrected chi connectivity index (χ1v) is 9.67. The van der Waals surface area contributed by atoms with Gasteiger partial charge in [0.25, 0.3) is 5.91 Å². The summed E-state index contributed by atoms with van der Waals surface area (Å²) in [6.07, 6.45) is 4.17. The number of methoxy groups -OCH3 is 3. The lowest BCUT2D eigenvalue weighted by Crippen LogP contribution is -2.48. The van der Waals surface area contributed by atoms with Crippen molar-refractivity contribution < 1.29 is 19.0 Å². The van der Waals surface area contributed by atoms with Crippen molar-refractivity contribution in [2.24, 2.45) is 7.05 Å². The summed E-state index contributed by atoms with van der Waals surface area (Å²) in [5, 5.41) is 4.59. The largest absolute Gasteiger partial charge is 0.497 e. The fourth-order valence-corrected chi connectivity index (χ4v) is 4.60. The lowest BCUT2D eigenvalue weighted by Gasteiger charge is -2.38. The van der Waals surface area contributed by atoms with Crippen molar-refractivity contribution in [3.63, 3.8) is 0 Å². The van der Waals surface area contributed by atoms with Crippen LogP contribution in [0.3, 0.4) is 0 Å². The second kappa shape index (κ2) is 7.47. The lowest BCUT2D eigenvalue weighted by atomic mass is 9.99. The number of aromatic nitrogens is 2. The van der Waals surface area contributed by atoms with E-state index in [0.717, 1.165) is 31.2 Å². The van der Waals surface area contributed by atoms with E-state index >= 15 is 0 Å². The molecule has 150 valence electrons. The molecule has 0 radical (unpaired) electrons. The van der Waals surface area contributed by atoms with Crippen LogP contribution in [0.4, 0.5) is 0 Å². The minimum Gasteiger partial charge on any atom is -0.497 e. The molecule has 4 rings (SSSR count). The molecule has 7 nitrogen and oxygen atoms in total. The maximum Gasteiger partial charge on any atom is 0.272 e. The first-order chi connectivity index (χ1) is 13.5. The average Bonchev–Trinajstić information content (AvgIpc) is 3.23. The van der Waals surface area contributed by atoms with Crippen molar-refractivity contribution in [2.75, 3.05) is 21.3 Å². The summed E-state index contributed by atoms with van der Waals surface area (Å²) in [6, 6.07) is 7.92. The Bertz CT molecular complexity index is 865. The van der Waals surface area contributed by atoms with Gasteiger partial charge < -0.3 is 19.1 Å². The van der Waals surface area contributed by atoms with E-state index < -0.39 is 0 Å². The van der Waals surface area contributed by atoms with E-state index in [-0.39, 0.29) is 24.1 Å². The molecule has 3 heterocycles. The fourth-order valence-electron chi connectivity index (χ4n) is 4.60. The quantitative estimate of drug-likeness (QED) is 0.792. The Morgan fingerprint density at radius 1 is 1.07 bits per heavy atom. The predicted octanol–water partition coefficient (Wildman–Crippen LogP) is 2.89. The van der Waals surface area contributed by atoms with E-state index in [2.05, 4.69) is 10.00 Å². The Kier molecular flexibility index (Phi) is 5.02. The second-order valence-electron chi connectivity index (χ2n) is 7.53. The Morgan fingerprint density at radius 2 is 1.79 bits per heavy atom. The average molecular weight is 385 g/mol. The molecule has 2 fully saturated rings. The molecule has 2 aliphatic rings. The summed E-state index contributed by atoms with van der Waals surface area (Å²) < 4.78 is 18.0. The van der Waals surface area contributed by atoms with E-state index in [9.17, 15) is 4.79 Å². The first-order valence-electron chi connectivity index (χ1n) is 9.67. The molecule has 1 amide bonds. The number of rotatable bonds is 5. The van der Waals surface area contributed by atoms with E-state index in [1.165, 1.54) is 0 Å². The van der Waals surface area contributed by atoms with Crippen LogP contribution in [0.15, 0.2) is 24.3 Å². The number of nitrogens with zero attached hydrogens (tertiary/aromatic N) is 3. The zero-order valence-corrected chi connectivity index (χ0v) is 16.8. The molecule has 2 bridgehead atoms. The van der Waals surface area contributed by atoms with Gasteiger partial charge in [0.2, 0.25) is 0 Å². The summed E-state index contributed by atoms with van der Waals surface area (Å²) in [4.78, 5) is 15.4. The van der Waals surface area contributed by atoms with Crippen molar-refractivity contribution in [3.05, 3.63) is 30.0 Å². The van der Waals surface area contributed by atoms with Crippen LogP contribution in [-0.4, -0.2) is 60.1 Å². The third-order valence-electron chi connectivity index (χ3n) is 6.04. The number of hydrogen-bond acceptors (Lipinski definition) is 5. The molecule has 1 aromatic carbocycles. The summed E-state index contributed by atoms with van der Waals surface area (Å²) >= 11 is 0. The molecule has 2 unspecified atom stereocenters. The molecule has 2 atom stereocenters. The third kappa shape index (κ3) is 3.13. The monoisotopic (exact) mass is 385 g/mol. The molecule has 2 saturated heterocycles. The number of ether oxygens (including phenoxy) is 3. The van der Waals surface area contributed by atoms with E-state index in [1.54, 1.807) is 26.0 Å². The number of benzene rings is 1. The zero-order valence-electron chi connectivity index (χ0n) is 16.8. The first kappa shape index (κ1) is 18.8. The molecule has 0 saturated carbocycles. The van der Waals surface area contributed by atoms with E-state index in [4.69, 9.17) is 14.2 Å². The lowest BCUT2D eigenvalue weighted by molar-refractivity contribution is 0.00771. The molecule has 1 aromatic heterocycles. The summed E-state index contributed by atoms with van der Waals surface area (Å²) in [7, 11) is 6.82. The van der Waals surface area contributed by atoms with Gasteiger partial charge in [0.15, 0.2) is 0 Å². The van der Waals surface area contributed by atoms with Crippen molar-refractivity contribution in [1.29, 1.82) is 0 Å². The zero-order chi connectivity index (χ0) is 19.8. The van der Waals surface area contributed by atoms with Gasteiger partial charge in [0.1, 0.15) is 17.2 Å². The number of carbonyl (C=O) groups is 1. The Labute approximate surface area is 165 Å².